The van der Waals surface area contributed by atoms with E-state index >= 15 is 0 Å². The van der Waals surface area contributed by atoms with Crippen molar-refractivity contribution in [3.8, 4) is 11.4 Å². The number of halogens is 1. The highest BCUT2D eigenvalue weighted by Gasteiger charge is 2.24. The molecule has 0 spiro atoms. The summed E-state index contributed by atoms with van der Waals surface area (Å²) in [4.78, 5) is 6.78. The van der Waals surface area contributed by atoms with Crippen molar-refractivity contribution in [1.82, 2.24) is 19.7 Å². The van der Waals surface area contributed by atoms with Crippen LogP contribution in [0.15, 0.2) is 24.3 Å². The van der Waals surface area contributed by atoms with Gasteiger partial charge in [-0.05, 0) is 50.3 Å². The van der Waals surface area contributed by atoms with Crippen molar-refractivity contribution in [2.45, 2.75) is 32.7 Å². The summed E-state index contributed by atoms with van der Waals surface area (Å²) >= 11 is 11.3. The van der Waals surface area contributed by atoms with E-state index in [9.17, 15) is 0 Å². The fourth-order valence-corrected chi connectivity index (χ4v) is 2.86. The highest BCUT2D eigenvalue weighted by atomic mass is 35.5. The number of benzene rings is 1. The lowest BCUT2D eigenvalue weighted by Crippen LogP contribution is -2.47. The molecule has 0 saturated carbocycles. The molecule has 1 saturated heterocycles. The van der Waals surface area contributed by atoms with Gasteiger partial charge in [0.25, 0.3) is 0 Å². The highest BCUT2D eigenvalue weighted by Crippen LogP contribution is 2.19. The van der Waals surface area contributed by atoms with E-state index in [0.29, 0.717) is 22.5 Å². The maximum Gasteiger partial charge on any atom is 0.217 e. The van der Waals surface area contributed by atoms with Crippen molar-refractivity contribution in [2.24, 2.45) is 0 Å². The molecular formula is C15H19ClN4OS. The second-order valence-electron chi connectivity index (χ2n) is 5.70. The predicted octanol–water partition coefficient (Wildman–Crippen LogP) is 3.33. The average molecular weight is 339 g/mol. The Kier molecular flexibility index (Phi) is 4.63. The van der Waals surface area contributed by atoms with Gasteiger partial charge in [-0.25, -0.2) is 4.68 Å². The molecule has 2 aromatic rings. The van der Waals surface area contributed by atoms with Gasteiger partial charge in [0.2, 0.25) is 4.77 Å². The van der Waals surface area contributed by atoms with Crippen molar-refractivity contribution < 1.29 is 4.74 Å². The molecule has 2 atom stereocenters. The lowest BCUT2D eigenvalue weighted by atomic mass is 10.2. The van der Waals surface area contributed by atoms with Crippen LogP contribution in [-0.4, -0.2) is 45.0 Å². The summed E-state index contributed by atoms with van der Waals surface area (Å²) in [6.07, 6.45) is 0.240. The third kappa shape index (κ3) is 3.41. The van der Waals surface area contributed by atoms with Crippen molar-refractivity contribution in [3.63, 3.8) is 0 Å². The zero-order valence-corrected chi connectivity index (χ0v) is 14.2. The van der Waals surface area contributed by atoms with E-state index in [2.05, 4.69) is 28.8 Å². The molecule has 2 unspecified atom stereocenters. The Bertz CT molecular complexity index is 696. The molecule has 0 amide bonds. The molecule has 1 aliphatic rings. The molecule has 3 rings (SSSR count). The first-order valence-electron chi connectivity index (χ1n) is 7.31. The quantitative estimate of drug-likeness (QED) is 0.872. The molecule has 2 heterocycles. The predicted molar refractivity (Wildman–Crippen MR) is 89.4 cm³/mol. The Labute approximate surface area is 139 Å². The Morgan fingerprint density at radius 2 is 2.09 bits per heavy atom. The van der Waals surface area contributed by atoms with Gasteiger partial charge < -0.3 is 4.74 Å². The SMILES string of the molecule is CC1CN(Cn2[nH]c(-c3ccc(Cl)cc3)nc2=S)C(C)CO1. The van der Waals surface area contributed by atoms with Gasteiger partial charge in [0.05, 0.1) is 19.4 Å². The maximum absolute atomic E-state index is 5.92. The summed E-state index contributed by atoms with van der Waals surface area (Å²) in [5.74, 6) is 0.760. The summed E-state index contributed by atoms with van der Waals surface area (Å²) in [7, 11) is 0. The number of H-pyrrole nitrogens is 1. The van der Waals surface area contributed by atoms with Crippen molar-refractivity contribution >= 4 is 23.8 Å². The highest BCUT2D eigenvalue weighted by molar-refractivity contribution is 7.71. The number of hydrogen-bond donors (Lipinski definition) is 1. The van der Waals surface area contributed by atoms with Crippen LogP contribution in [0.1, 0.15) is 13.8 Å². The van der Waals surface area contributed by atoms with Gasteiger partial charge in [0.15, 0.2) is 5.82 Å². The summed E-state index contributed by atoms with van der Waals surface area (Å²) in [5, 5.41) is 3.98. The molecule has 1 aromatic carbocycles. The first kappa shape index (κ1) is 15.7. The van der Waals surface area contributed by atoms with Gasteiger partial charge in [0, 0.05) is 23.2 Å². The number of hydrogen-bond acceptors (Lipinski definition) is 4. The fraction of sp³-hybridized carbons (Fsp3) is 0.467. The van der Waals surface area contributed by atoms with Gasteiger partial charge in [-0.1, -0.05) is 11.6 Å². The molecular weight excluding hydrogens is 320 g/mol. The number of aromatic amines is 1. The van der Waals surface area contributed by atoms with Gasteiger partial charge >= 0.3 is 0 Å². The van der Waals surface area contributed by atoms with E-state index < -0.39 is 0 Å². The molecule has 5 nitrogen and oxygen atoms in total. The topological polar surface area (TPSA) is 46.1 Å². The largest absolute Gasteiger partial charge is 0.376 e. The maximum atomic E-state index is 5.92. The smallest absolute Gasteiger partial charge is 0.217 e. The normalized spacial score (nSPS) is 22.9. The Hall–Kier alpha value is -1.21. The number of nitrogens with zero attached hydrogens (tertiary/aromatic N) is 3. The fourth-order valence-electron chi connectivity index (χ4n) is 2.54. The van der Waals surface area contributed by atoms with E-state index in [0.717, 1.165) is 24.5 Å². The second kappa shape index (κ2) is 6.50. The minimum Gasteiger partial charge on any atom is -0.376 e. The number of nitrogens with one attached hydrogen (secondary N) is 1. The van der Waals surface area contributed by atoms with Crippen LogP contribution < -0.4 is 0 Å². The Morgan fingerprint density at radius 1 is 1.36 bits per heavy atom. The third-order valence-corrected chi connectivity index (χ3v) is 4.42. The molecule has 7 heteroatoms. The average Bonchev–Trinajstić information content (AvgIpc) is 2.85. The standard InChI is InChI=1S/C15H19ClN4OS/c1-10-8-21-11(2)7-19(10)9-20-15(22)17-14(18-20)12-3-5-13(16)6-4-12/h3-6,10-11H,7-9H2,1-2H3,(H,17,18,22). The minimum atomic E-state index is 0.240. The monoisotopic (exact) mass is 338 g/mol. The third-order valence-electron chi connectivity index (χ3n) is 3.86. The molecule has 22 heavy (non-hydrogen) atoms. The van der Waals surface area contributed by atoms with Crippen molar-refractivity contribution in [1.29, 1.82) is 0 Å². The summed E-state index contributed by atoms with van der Waals surface area (Å²) < 4.78 is 8.11. The lowest BCUT2D eigenvalue weighted by Gasteiger charge is -2.36. The van der Waals surface area contributed by atoms with E-state index in [4.69, 9.17) is 28.6 Å². The van der Waals surface area contributed by atoms with Gasteiger partial charge in [0.1, 0.15) is 0 Å². The van der Waals surface area contributed by atoms with Crippen LogP contribution in [0.5, 0.6) is 0 Å². The van der Waals surface area contributed by atoms with Crippen LogP contribution in [0, 0.1) is 4.77 Å². The molecule has 1 N–H and O–H groups in total. The number of morpholine rings is 1. The van der Waals surface area contributed by atoms with E-state index in [1.54, 1.807) is 0 Å². The Balaban J connectivity index is 1.80. The van der Waals surface area contributed by atoms with Crippen molar-refractivity contribution in [2.75, 3.05) is 13.2 Å². The second-order valence-corrected chi connectivity index (χ2v) is 6.50. The number of rotatable bonds is 3. The first-order valence-corrected chi connectivity index (χ1v) is 8.10. The zero-order valence-electron chi connectivity index (χ0n) is 12.6. The molecule has 0 radical (unpaired) electrons. The van der Waals surface area contributed by atoms with E-state index in [1.165, 1.54) is 0 Å². The molecule has 0 aliphatic carbocycles. The minimum absolute atomic E-state index is 0.240. The molecule has 0 bridgehead atoms. The van der Waals surface area contributed by atoms with Crippen LogP contribution in [0.2, 0.25) is 5.02 Å². The van der Waals surface area contributed by atoms with Crippen molar-refractivity contribution in [3.05, 3.63) is 34.1 Å². The number of aromatic nitrogens is 3. The van der Waals surface area contributed by atoms with Gasteiger partial charge in [-0.2, -0.15) is 4.98 Å². The van der Waals surface area contributed by atoms with Gasteiger partial charge in [-0.3, -0.25) is 10.00 Å². The molecule has 1 fully saturated rings. The van der Waals surface area contributed by atoms with Crippen LogP contribution in [0.3, 0.4) is 0 Å². The lowest BCUT2D eigenvalue weighted by molar-refractivity contribution is -0.0624. The molecule has 118 valence electrons. The Morgan fingerprint density at radius 3 is 2.82 bits per heavy atom. The number of ether oxygens (including phenoxy) is 1. The van der Waals surface area contributed by atoms with Gasteiger partial charge in [-0.15, -0.1) is 0 Å². The molecule has 1 aromatic heterocycles. The zero-order chi connectivity index (χ0) is 15.7. The summed E-state index contributed by atoms with van der Waals surface area (Å²) in [6, 6.07) is 7.91. The summed E-state index contributed by atoms with van der Waals surface area (Å²) in [6.45, 7) is 6.56. The van der Waals surface area contributed by atoms with Crippen LogP contribution in [0.25, 0.3) is 11.4 Å². The van der Waals surface area contributed by atoms with E-state index in [1.807, 2.05) is 28.9 Å². The summed E-state index contributed by atoms with van der Waals surface area (Å²) in [5.41, 5.74) is 0.970. The first-order chi connectivity index (χ1) is 10.5. The van der Waals surface area contributed by atoms with Crippen LogP contribution in [-0.2, 0) is 11.4 Å². The van der Waals surface area contributed by atoms with Crippen LogP contribution in [0.4, 0.5) is 0 Å². The van der Waals surface area contributed by atoms with Crippen LogP contribution >= 0.6 is 23.8 Å². The molecule has 1 aliphatic heterocycles. The van der Waals surface area contributed by atoms with E-state index in [-0.39, 0.29) is 6.10 Å².